The summed E-state index contributed by atoms with van der Waals surface area (Å²) in [6, 6.07) is 12.6. The average molecular weight is 454 g/mol. The largest absolute Gasteiger partial charge is 0.489 e. The van der Waals surface area contributed by atoms with Crippen LogP contribution in [0.3, 0.4) is 0 Å². The maximum absolute atomic E-state index is 13.2. The predicted molar refractivity (Wildman–Crippen MR) is 128 cm³/mol. The van der Waals surface area contributed by atoms with E-state index in [2.05, 4.69) is 22.5 Å². The highest BCUT2D eigenvalue weighted by Gasteiger charge is 2.34. The number of ether oxygens (including phenoxy) is 2. The molecule has 1 atom stereocenters. The van der Waals surface area contributed by atoms with Crippen LogP contribution in [0.25, 0.3) is 0 Å². The molecule has 1 aromatic carbocycles. The van der Waals surface area contributed by atoms with Gasteiger partial charge < -0.3 is 20.1 Å². The molecule has 33 heavy (non-hydrogen) atoms. The van der Waals surface area contributed by atoms with Crippen LogP contribution in [0, 0.1) is 11.8 Å². The number of nitrogens with one attached hydrogen (secondary N) is 2. The number of benzene rings is 1. The van der Waals surface area contributed by atoms with E-state index in [0.29, 0.717) is 24.1 Å². The van der Waals surface area contributed by atoms with Gasteiger partial charge in [-0.2, -0.15) is 0 Å². The molecular weight excluding hydrogens is 418 g/mol. The van der Waals surface area contributed by atoms with Gasteiger partial charge in [-0.15, -0.1) is 0 Å². The summed E-state index contributed by atoms with van der Waals surface area (Å²) in [7, 11) is 0. The summed E-state index contributed by atoms with van der Waals surface area (Å²) in [4.78, 5) is 29.9. The Kier molecular flexibility index (Phi) is 8.31. The van der Waals surface area contributed by atoms with Crippen molar-refractivity contribution >= 4 is 17.8 Å². The summed E-state index contributed by atoms with van der Waals surface area (Å²) < 4.78 is 11.2. The number of rotatable bonds is 7. The number of amides is 2. The van der Waals surface area contributed by atoms with Crippen LogP contribution < -0.4 is 15.4 Å². The molecule has 178 valence electrons. The highest BCUT2D eigenvalue weighted by Crippen LogP contribution is 2.31. The molecule has 7 nitrogen and oxygen atoms in total. The van der Waals surface area contributed by atoms with E-state index in [1.807, 2.05) is 30.3 Å². The molecule has 1 fully saturated rings. The number of hydrogen-bond acceptors (Lipinski definition) is 5. The number of hydrogen-bond donors (Lipinski definition) is 2. The van der Waals surface area contributed by atoms with Crippen molar-refractivity contribution < 1.29 is 19.1 Å². The summed E-state index contributed by atoms with van der Waals surface area (Å²) in [5.41, 5.74) is 0.408. The van der Waals surface area contributed by atoms with Crippen LogP contribution in [0.1, 0.15) is 58.9 Å². The molecule has 1 aliphatic rings. The van der Waals surface area contributed by atoms with E-state index in [-0.39, 0.29) is 11.8 Å². The number of nitrogens with zero attached hydrogens (tertiary/aromatic N) is 1. The highest BCUT2D eigenvalue weighted by atomic mass is 16.6. The van der Waals surface area contributed by atoms with Crippen LogP contribution in [0.5, 0.6) is 5.75 Å². The van der Waals surface area contributed by atoms with Gasteiger partial charge in [0, 0.05) is 12.3 Å². The van der Waals surface area contributed by atoms with E-state index < -0.39 is 17.7 Å². The Balaban J connectivity index is 1.67. The number of carbonyl (C=O) groups is 2. The minimum Gasteiger partial charge on any atom is -0.489 e. The Bertz CT molecular complexity index is 919. The molecule has 0 saturated heterocycles. The molecule has 2 aromatic rings. The lowest BCUT2D eigenvalue weighted by Crippen LogP contribution is -2.50. The van der Waals surface area contributed by atoms with Gasteiger partial charge in [0.15, 0.2) is 0 Å². The van der Waals surface area contributed by atoms with Crippen LogP contribution in [0.2, 0.25) is 0 Å². The maximum atomic E-state index is 13.2. The van der Waals surface area contributed by atoms with Crippen LogP contribution in [0.15, 0.2) is 48.7 Å². The fourth-order valence-corrected chi connectivity index (χ4v) is 3.97. The minimum atomic E-state index is -0.692. The van der Waals surface area contributed by atoms with Crippen molar-refractivity contribution in [1.82, 2.24) is 10.3 Å². The SMILES string of the molecule is CC1CCC([C@H](NC(=O)OC(C)(C)C)C(=O)Nc2cc(OCc3ccccc3)ccn2)CC1. The molecule has 0 aliphatic heterocycles. The molecular formula is C26H35N3O4. The Morgan fingerprint density at radius 3 is 2.45 bits per heavy atom. The summed E-state index contributed by atoms with van der Waals surface area (Å²) in [5, 5.41) is 5.66. The molecule has 7 heteroatoms. The molecule has 1 aromatic heterocycles. The third-order valence-corrected chi connectivity index (χ3v) is 5.72. The van der Waals surface area contributed by atoms with E-state index in [0.717, 1.165) is 31.2 Å². The third kappa shape index (κ3) is 8.08. The number of anilines is 1. The van der Waals surface area contributed by atoms with Crippen molar-refractivity contribution in [3.05, 3.63) is 54.2 Å². The number of pyridine rings is 1. The van der Waals surface area contributed by atoms with E-state index in [1.165, 1.54) is 0 Å². The topological polar surface area (TPSA) is 89.5 Å². The van der Waals surface area contributed by atoms with Gasteiger partial charge in [0.2, 0.25) is 5.91 Å². The number of aromatic nitrogens is 1. The standard InChI is InChI=1S/C26H35N3O4/c1-18-10-12-20(13-11-18)23(29-25(31)33-26(2,3)4)24(30)28-22-16-21(14-15-27-22)32-17-19-8-6-5-7-9-19/h5-9,14-16,18,20,23H,10-13,17H2,1-4H3,(H,29,31)(H,27,28,30)/t18?,20?,23-/m0/s1. The van der Waals surface area contributed by atoms with Gasteiger partial charge in [-0.05, 0) is 57.1 Å². The molecule has 0 spiro atoms. The second kappa shape index (κ2) is 11.2. The Labute approximate surface area is 196 Å². The zero-order chi connectivity index (χ0) is 23.8. The quantitative estimate of drug-likeness (QED) is 0.592. The molecule has 0 bridgehead atoms. The Morgan fingerprint density at radius 2 is 1.79 bits per heavy atom. The van der Waals surface area contributed by atoms with Crippen molar-refractivity contribution in [2.75, 3.05) is 5.32 Å². The van der Waals surface area contributed by atoms with Crippen LogP contribution in [-0.4, -0.2) is 28.6 Å². The third-order valence-electron chi connectivity index (χ3n) is 5.72. The molecule has 0 unspecified atom stereocenters. The average Bonchev–Trinajstić information content (AvgIpc) is 2.76. The van der Waals surface area contributed by atoms with Crippen molar-refractivity contribution in [3.63, 3.8) is 0 Å². The van der Waals surface area contributed by atoms with E-state index in [9.17, 15) is 9.59 Å². The minimum absolute atomic E-state index is 0.0474. The van der Waals surface area contributed by atoms with Gasteiger partial charge in [-0.25, -0.2) is 9.78 Å². The highest BCUT2D eigenvalue weighted by molar-refractivity contribution is 5.96. The fraction of sp³-hybridized carbons (Fsp3) is 0.500. The van der Waals surface area contributed by atoms with Crippen LogP contribution in [-0.2, 0) is 16.1 Å². The zero-order valence-corrected chi connectivity index (χ0v) is 20.0. The second-order valence-corrected chi connectivity index (χ2v) is 9.78. The van der Waals surface area contributed by atoms with Gasteiger partial charge >= 0.3 is 6.09 Å². The van der Waals surface area contributed by atoms with Crippen molar-refractivity contribution in [2.45, 2.75) is 71.6 Å². The van der Waals surface area contributed by atoms with E-state index >= 15 is 0 Å². The number of carbonyl (C=O) groups excluding carboxylic acids is 2. The van der Waals surface area contributed by atoms with Gasteiger partial charge in [0.25, 0.3) is 0 Å². The van der Waals surface area contributed by atoms with Crippen molar-refractivity contribution in [3.8, 4) is 5.75 Å². The van der Waals surface area contributed by atoms with Crippen molar-refractivity contribution in [1.29, 1.82) is 0 Å². The predicted octanol–water partition coefficient (Wildman–Crippen LogP) is 5.32. The molecule has 2 N–H and O–H groups in total. The molecule has 2 amide bonds. The molecule has 0 radical (unpaired) electrons. The van der Waals surface area contributed by atoms with E-state index in [1.54, 1.807) is 39.1 Å². The Morgan fingerprint density at radius 1 is 1.09 bits per heavy atom. The summed E-state index contributed by atoms with van der Waals surface area (Å²) in [6.45, 7) is 8.04. The molecule has 3 rings (SSSR count). The maximum Gasteiger partial charge on any atom is 0.408 e. The first kappa shape index (κ1) is 24.6. The normalized spacial score (nSPS) is 19.3. The molecule has 1 saturated carbocycles. The van der Waals surface area contributed by atoms with Gasteiger partial charge in [0.05, 0.1) is 0 Å². The monoisotopic (exact) mass is 453 g/mol. The lowest BCUT2D eigenvalue weighted by Gasteiger charge is -2.32. The first-order valence-electron chi connectivity index (χ1n) is 11.6. The first-order chi connectivity index (χ1) is 15.7. The molecule has 1 aliphatic carbocycles. The van der Waals surface area contributed by atoms with Crippen LogP contribution >= 0.6 is 0 Å². The summed E-state index contributed by atoms with van der Waals surface area (Å²) >= 11 is 0. The lowest BCUT2D eigenvalue weighted by molar-refractivity contribution is -0.119. The smallest absolute Gasteiger partial charge is 0.408 e. The van der Waals surface area contributed by atoms with Crippen molar-refractivity contribution in [2.24, 2.45) is 11.8 Å². The summed E-state index contributed by atoms with van der Waals surface area (Å²) in [6.07, 6.45) is 4.82. The van der Waals surface area contributed by atoms with Gasteiger partial charge in [-0.3, -0.25) is 4.79 Å². The Hall–Kier alpha value is -3.09. The second-order valence-electron chi connectivity index (χ2n) is 9.78. The van der Waals surface area contributed by atoms with E-state index in [4.69, 9.17) is 9.47 Å². The fourth-order valence-electron chi connectivity index (χ4n) is 3.97. The lowest BCUT2D eigenvalue weighted by atomic mass is 9.79. The zero-order valence-electron chi connectivity index (χ0n) is 20.0. The van der Waals surface area contributed by atoms with Gasteiger partial charge in [-0.1, -0.05) is 50.1 Å². The first-order valence-corrected chi connectivity index (χ1v) is 11.6. The van der Waals surface area contributed by atoms with Crippen LogP contribution in [0.4, 0.5) is 10.6 Å². The van der Waals surface area contributed by atoms with Gasteiger partial charge in [0.1, 0.15) is 29.8 Å². The number of alkyl carbamates (subject to hydrolysis) is 1. The molecule has 1 heterocycles. The summed E-state index contributed by atoms with van der Waals surface area (Å²) in [5.74, 6) is 1.36.